The summed E-state index contributed by atoms with van der Waals surface area (Å²) in [5.74, 6) is -1.29. The van der Waals surface area contributed by atoms with Gasteiger partial charge in [0.2, 0.25) is 0 Å². The summed E-state index contributed by atoms with van der Waals surface area (Å²) in [5, 5.41) is 37.9. The zero-order valence-corrected chi connectivity index (χ0v) is 23.9. The normalized spacial score (nSPS) is 52.0. The minimum atomic E-state index is -1.66. The third kappa shape index (κ3) is 2.90. The van der Waals surface area contributed by atoms with Crippen molar-refractivity contribution in [1.29, 1.82) is 0 Å². The first-order chi connectivity index (χ1) is 19.2. The minimum absolute atomic E-state index is 0.0512. The molecule has 1 spiro atoms. The molecule has 0 radical (unpaired) electrons. The first-order valence-electron chi connectivity index (χ1n) is 14.9. The van der Waals surface area contributed by atoms with Crippen LogP contribution in [0, 0.1) is 34.5 Å². The summed E-state index contributed by atoms with van der Waals surface area (Å²) in [6, 6.07) is 8.58. The maximum Gasteiger partial charge on any atom is 0.338 e. The quantitative estimate of drug-likeness (QED) is 0.429. The number of carbonyl (C=O) groups excluding carboxylic acids is 1. The van der Waals surface area contributed by atoms with Gasteiger partial charge in [0.25, 0.3) is 0 Å². The highest BCUT2D eigenvalue weighted by atomic mass is 16.6. The third-order valence-corrected chi connectivity index (χ3v) is 12.5. The fourth-order valence-corrected chi connectivity index (χ4v) is 11.6. The lowest BCUT2D eigenvalue weighted by Crippen LogP contribution is -2.81. The van der Waals surface area contributed by atoms with Crippen molar-refractivity contribution in [3.8, 4) is 0 Å². The highest BCUT2D eigenvalue weighted by molar-refractivity contribution is 5.89. The Balaban J connectivity index is 1.43. The van der Waals surface area contributed by atoms with Gasteiger partial charge in [-0.25, -0.2) is 4.79 Å². The molecule has 1 aromatic carbocycles. The standard InChI is InChI=1S/C31H43NO8/c1-5-32-15-28(16-37-2)21(33)11-12-29-19-13-18-20(38-3)14-30(35,31(36,27(29)32)25(39-4)24(28)29)22(19)23(18)40-26(34)17-9-7-6-8-10-17/h6-10,18-25,27,33,35-36H,5,11-16H2,1-4H3/t18-,19-,20+,21-,22-,23+,24-,25+,27+,28+,29-,30-,31-/m1/s1. The van der Waals surface area contributed by atoms with Gasteiger partial charge in [-0.1, -0.05) is 25.1 Å². The number of likely N-dealkylation sites (tertiary alicyclic amines) is 1. The van der Waals surface area contributed by atoms with E-state index < -0.39 is 52.2 Å². The van der Waals surface area contributed by atoms with Crippen LogP contribution in [0.1, 0.15) is 43.0 Å². The Kier molecular flexibility index (Phi) is 6.10. The Morgan fingerprint density at radius 1 is 1.12 bits per heavy atom. The van der Waals surface area contributed by atoms with E-state index in [0.29, 0.717) is 44.5 Å². The molecule has 1 heterocycles. The number of piperidine rings is 1. The molecule has 13 atom stereocenters. The Morgan fingerprint density at radius 2 is 1.88 bits per heavy atom. The fourth-order valence-electron chi connectivity index (χ4n) is 11.6. The summed E-state index contributed by atoms with van der Waals surface area (Å²) in [6.45, 7) is 3.64. The number of carbonyl (C=O) groups is 1. The smallest absolute Gasteiger partial charge is 0.338 e. The van der Waals surface area contributed by atoms with E-state index in [4.69, 9.17) is 18.9 Å². The summed E-state index contributed by atoms with van der Waals surface area (Å²) in [6.07, 6.45) is -0.0945. The predicted octanol–water partition coefficient (Wildman–Crippen LogP) is 1.48. The molecule has 6 fully saturated rings. The van der Waals surface area contributed by atoms with Gasteiger partial charge in [-0.2, -0.15) is 0 Å². The van der Waals surface area contributed by atoms with E-state index in [1.54, 1.807) is 45.6 Å². The van der Waals surface area contributed by atoms with Gasteiger partial charge in [0.1, 0.15) is 17.3 Å². The zero-order chi connectivity index (χ0) is 28.2. The Labute approximate surface area is 235 Å². The molecule has 0 unspecified atom stereocenters. The van der Waals surface area contributed by atoms with Crippen LogP contribution in [0.4, 0.5) is 0 Å². The third-order valence-electron chi connectivity index (χ3n) is 12.5. The number of aliphatic hydroxyl groups is 3. The lowest BCUT2D eigenvalue weighted by atomic mass is 9.43. The summed E-state index contributed by atoms with van der Waals surface area (Å²) < 4.78 is 24.4. The molecule has 9 nitrogen and oxygen atoms in total. The molecule has 5 aliphatic carbocycles. The molecule has 1 saturated heterocycles. The van der Waals surface area contributed by atoms with E-state index >= 15 is 0 Å². The maximum atomic E-state index is 13.4. The van der Waals surface area contributed by atoms with Crippen LogP contribution >= 0.6 is 0 Å². The van der Waals surface area contributed by atoms with Gasteiger partial charge in [-0.15, -0.1) is 0 Å². The van der Waals surface area contributed by atoms with E-state index in [0.717, 1.165) is 0 Å². The van der Waals surface area contributed by atoms with Crippen molar-refractivity contribution in [3.05, 3.63) is 35.9 Å². The van der Waals surface area contributed by atoms with E-state index in [1.807, 2.05) is 6.07 Å². The average molecular weight is 558 g/mol. The van der Waals surface area contributed by atoms with Crippen molar-refractivity contribution >= 4 is 5.97 Å². The number of ether oxygens (including phenoxy) is 4. The lowest BCUT2D eigenvalue weighted by Gasteiger charge is -2.69. The fraction of sp³-hybridized carbons (Fsp3) is 0.774. The number of nitrogens with zero attached hydrogens (tertiary/aromatic N) is 1. The molecule has 9 heteroatoms. The molecular formula is C31H43NO8. The van der Waals surface area contributed by atoms with Crippen LogP contribution < -0.4 is 0 Å². The van der Waals surface area contributed by atoms with Gasteiger partial charge >= 0.3 is 5.97 Å². The van der Waals surface area contributed by atoms with E-state index in [2.05, 4.69) is 11.8 Å². The topological polar surface area (TPSA) is 118 Å². The molecular weight excluding hydrogens is 514 g/mol. The first kappa shape index (κ1) is 27.3. The number of esters is 1. The number of likely N-dealkylation sites (N-methyl/N-ethyl adjacent to an activating group) is 1. The number of fused-ring (bicyclic) bond motifs is 2. The molecule has 1 aliphatic heterocycles. The van der Waals surface area contributed by atoms with Crippen molar-refractivity contribution in [2.24, 2.45) is 34.5 Å². The van der Waals surface area contributed by atoms with Gasteiger partial charge in [-0.05, 0) is 49.3 Å². The van der Waals surface area contributed by atoms with Crippen LogP contribution in [0.3, 0.4) is 0 Å². The second-order valence-corrected chi connectivity index (χ2v) is 13.4. The molecule has 7 bridgehead atoms. The molecule has 40 heavy (non-hydrogen) atoms. The van der Waals surface area contributed by atoms with Crippen molar-refractivity contribution < 1.29 is 39.1 Å². The monoisotopic (exact) mass is 557 g/mol. The Hall–Kier alpha value is -1.59. The molecule has 6 aliphatic rings. The first-order valence-corrected chi connectivity index (χ1v) is 14.9. The highest BCUT2D eigenvalue weighted by Gasteiger charge is 2.90. The molecule has 0 amide bonds. The van der Waals surface area contributed by atoms with E-state index in [9.17, 15) is 20.1 Å². The van der Waals surface area contributed by atoms with Gasteiger partial charge in [0.15, 0.2) is 0 Å². The number of methoxy groups -OCH3 is 3. The van der Waals surface area contributed by atoms with Crippen LogP contribution in [0.15, 0.2) is 30.3 Å². The molecule has 0 aromatic heterocycles. The number of aliphatic hydroxyl groups excluding tert-OH is 1. The molecule has 1 aromatic rings. The minimum Gasteiger partial charge on any atom is -0.458 e. The van der Waals surface area contributed by atoms with E-state index in [1.165, 1.54) is 0 Å². The highest BCUT2D eigenvalue weighted by Crippen LogP contribution is 2.80. The molecule has 7 rings (SSSR count). The number of hydrogen-bond donors (Lipinski definition) is 3. The molecule has 220 valence electrons. The Bertz CT molecular complexity index is 1170. The Morgan fingerprint density at radius 3 is 2.52 bits per heavy atom. The number of rotatable bonds is 7. The van der Waals surface area contributed by atoms with Crippen LogP contribution in [0.2, 0.25) is 0 Å². The van der Waals surface area contributed by atoms with Crippen molar-refractivity contribution in [2.45, 2.75) is 74.3 Å². The number of benzene rings is 1. The van der Waals surface area contributed by atoms with Crippen molar-refractivity contribution in [2.75, 3.05) is 41.0 Å². The van der Waals surface area contributed by atoms with Gasteiger partial charge < -0.3 is 34.3 Å². The van der Waals surface area contributed by atoms with Crippen molar-refractivity contribution in [1.82, 2.24) is 4.90 Å². The summed E-state index contributed by atoms with van der Waals surface area (Å²) >= 11 is 0. The molecule has 5 saturated carbocycles. The van der Waals surface area contributed by atoms with Crippen LogP contribution in [-0.2, 0) is 18.9 Å². The van der Waals surface area contributed by atoms with Gasteiger partial charge in [0, 0.05) is 57.5 Å². The van der Waals surface area contributed by atoms with Crippen LogP contribution in [-0.4, -0.2) is 109 Å². The average Bonchev–Trinajstić information content (AvgIpc) is 3.35. The van der Waals surface area contributed by atoms with Crippen molar-refractivity contribution in [3.63, 3.8) is 0 Å². The predicted molar refractivity (Wildman–Crippen MR) is 143 cm³/mol. The SMILES string of the molecule is CCN1C[C@]2(COC)[C@H](O)CC[C@@]34[C@@H]5C[C@H]6[C@H](OC(=O)c7ccccc7)[C@@H]5[C@](O)(C[C@@H]6OC)[C@@](O)([C@@H](OC)[C@H]23)[C@@H]14. The van der Waals surface area contributed by atoms with E-state index in [-0.39, 0.29) is 36.3 Å². The largest absolute Gasteiger partial charge is 0.458 e. The van der Waals surface area contributed by atoms with Crippen LogP contribution in [0.5, 0.6) is 0 Å². The summed E-state index contributed by atoms with van der Waals surface area (Å²) in [4.78, 5) is 15.7. The zero-order valence-electron chi connectivity index (χ0n) is 23.9. The second kappa shape index (κ2) is 8.96. The summed E-state index contributed by atoms with van der Waals surface area (Å²) in [5.41, 5.74) is -3.93. The summed E-state index contributed by atoms with van der Waals surface area (Å²) in [7, 11) is 4.91. The maximum absolute atomic E-state index is 13.4. The number of hydrogen-bond acceptors (Lipinski definition) is 9. The second-order valence-electron chi connectivity index (χ2n) is 13.4. The van der Waals surface area contributed by atoms with Gasteiger partial charge in [-0.3, -0.25) is 4.90 Å². The molecule has 3 N–H and O–H groups in total. The lowest BCUT2D eigenvalue weighted by molar-refractivity contribution is -0.309. The van der Waals surface area contributed by atoms with Gasteiger partial charge in [0.05, 0.1) is 36.5 Å². The van der Waals surface area contributed by atoms with Crippen LogP contribution in [0.25, 0.3) is 0 Å².